The smallest absolute Gasteiger partial charge is 0.156 e. The van der Waals surface area contributed by atoms with Crippen molar-refractivity contribution in [2.24, 2.45) is 0 Å². The Morgan fingerprint density at radius 1 is 1.24 bits per heavy atom. The maximum absolute atomic E-state index is 11.8. The maximum atomic E-state index is 11.8. The standard InChI is InChI=1S/C13H22O3S/c1-11(13-8-5-9-17(13,14)15)16-10-12-6-3-2-4-7-12/h10-11,13H,2-9H2,1H3. The predicted octanol–water partition coefficient (Wildman–Crippen LogP) is 2.82. The molecule has 3 nitrogen and oxygen atoms in total. The first-order valence-electron chi connectivity index (χ1n) is 6.64. The molecule has 2 atom stereocenters. The van der Waals surface area contributed by atoms with Crippen LogP contribution in [-0.2, 0) is 14.6 Å². The van der Waals surface area contributed by atoms with Crippen LogP contribution in [0, 0.1) is 0 Å². The Labute approximate surface area is 104 Å². The van der Waals surface area contributed by atoms with Crippen molar-refractivity contribution in [3.63, 3.8) is 0 Å². The van der Waals surface area contributed by atoms with Crippen molar-refractivity contribution in [1.29, 1.82) is 0 Å². The molecule has 17 heavy (non-hydrogen) atoms. The highest BCUT2D eigenvalue weighted by molar-refractivity contribution is 7.92. The number of hydrogen-bond acceptors (Lipinski definition) is 3. The zero-order chi connectivity index (χ0) is 12.3. The van der Waals surface area contributed by atoms with Crippen molar-refractivity contribution in [2.45, 2.75) is 63.2 Å². The van der Waals surface area contributed by atoms with Crippen molar-refractivity contribution in [2.75, 3.05) is 5.75 Å². The van der Waals surface area contributed by atoms with Crippen LogP contribution in [0.4, 0.5) is 0 Å². The van der Waals surface area contributed by atoms with E-state index in [0.29, 0.717) is 5.75 Å². The van der Waals surface area contributed by atoms with E-state index in [1.54, 1.807) is 0 Å². The van der Waals surface area contributed by atoms with Gasteiger partial charge in [-0.2, -0.15) is 0 Å². The number of allylic oxidation sites excluding steroid dienone is 1. The lowest BCUT2D eigenvalue weighted by molar-refractivity contribution is 0.151. The molecule has 2 aliphatic rings. The first-order valence-corrected chi connectivity index (χ1v) is 8.36. The average Bonchev–Trinajstić information content (AvgIpc) is 2.67. The van der Waals surface area contributed by atoms with E-state index in [1.165, 1.54) is 24.8 Å². The van der Waals surface area contributed by atoms with Crippen LogP contribution < -0.4 is 0 Å². The van der Waals surface area contributed by atoms with Gasteiger partial charge in [0, 0.05) is 0 Å². The van der Waals surface area contributed by atoms with Gasteiger partial charge in [0.1, 0.15) is 6.10 Å². The predicted molar refractivity (Wildman–Crippen MR) is 68.5 cm³/mol. The molecule has 0 amide bonds. The molecule has 1 saturated heterocycles. The summed E-state index contributed by atoms with van der Waals surface area (Å²) in [5.74, 6) is 0.335. The van der Waals surface area contributed by atoms with E-state index in [-0.39, 0.29) is 11.4 Å². The highest BCUT2D eigenvalue weighted by Crippen LogP contribution is 2.26. The second-order valence-corrected chi connectivity index (χ2v) is 7.57. The summed E-state index contributed by atoms with van der Waals surface area (Å²) < 4.78 is 29.2. The Bertz CT molecular complexity index is 375. The van der Waals surface area contributed by atoms with Crippen LogP contribution in [0.15, 0.2) is 11.8 Å². The molecule has 0 N–H and O–H groups in total. The van der Waals surface area contributed by atoms with Gasteiger partial charge < -0.3 is 4.74 Å². The fourth-order valence-electron chi connectivity index (χ4n) is 2.76. The summed E-state index contributed by atoms with van der Waals surface area (Å²) in [5, 5.41) is -0.289. The first-order chi connectivity index (χ1) is 8.09. The number of sulfone groups is 1. The van der Waals surface area contributed by atoms with E-state index in [2.05, 4.69) is 0 Å². The highest BCUT2D eigenvalue weighted by atomic mass is 32.2. The summed E-state index contributed by atoms with van der Waals surface area (Å²) in [6.45, 7) is 1.88. The number of hydrogen-bond donors (Lipinski definition) is 0. The van der Waals surface area contributed by atoms with E-state index in [4.69, 9.17) is 4.74 Å². The minimum absolute atomic E-state index is 0.197. The molecule has 2 unspecified atom stereocenters. The maximum Gasteiger partial charge on any atom is 0.156 e. The van der Waals surface area contributed by atoms with Crippen molar-refractivity contribution in [3.8, 4) is 0 Å². The highest BCUT2D eigenvalue weighted by Gasteiger charge is 2.36. The molecule has 0 aromatic rings. The molecular formula is C13H22O3S. The minimum Gasteiger partial charge on any atom is -0.497 e. The fraction of sp³-hybridized carbons (Fsp3) is 0.846. The van der Waals surface area contributed by atoms with Crippen LogP contribution >= 0.6 is 0 Å². The Morgan fingerprint density at radius 2 is 1.94 bits per heavy atom. The van der Waals surface area contributed by atoms with Crippen molar-refractivity contribution in [3.05, 3.63) is 11.8 Å². The van der Waals surface area contributed by atoms with Crippen molar-refractivity contribution < 1.29 is 13.2 Å². The molecule has 4 heteroatoms. The largest absolute Gasteiger partial charge is 0.497 e. The summed E-state index contributed by atoms with van der Waals surface area (Å²) in [4.78, 5) is 0. The van der Waals surface area contributed by atoms with Crippen molar-refractivity contribution >= 4 is 9.84 Å². The second kappa shape index (κ2) is 5.42. The molecule has 1 saturated carbocycles. The van der Waals surface area contributed by atoms with E-state index in [9.17, 15) is 8.42 Å². The Balaban J connectivity index is 1.90. The first kappa shape index (κ1) is 12.9. The third-order valence-electron chi connectivity index (χ3n) is 3.85. The molecule has 1 aliphatic heterocycles. The van der Waals surface area contributed by atoms with Crippen LogP contribution in [0.2, 0.25) is 0 Å². The number of ether oxygens (including phenoxy) is 1. The van der Waals surface area contributed by atoms with E-state index >= 15 is 0 Å². The topological polar surface area (TPSA) is 43.4 Å². The van der Waals surface area contributed by atoms with Gasteiger partial charge in [-0.05, 0) is 51.0 Å². The average molecular weight is 258 g/mol. The monoisotopic (exact) mass is 258 g/mol. The molecule has 0 radical (unpaired) electrons. The van der Waals surface area contributed by atoms with Crippen molar-refractivity contribution in [1.82, 2.24) is 0 Å². The summed E-state index contributed by atoms with van der Waals surface area (Å²) in [5.41, 5.74) is 1.35. The normalized spacial score (nSPS) is 29.9. The molecule has 0 spiro atoms. The Hall–Kier alpha value is -0.510. The van der Waals surface area contributed by atoms with Gasteiger partial charge in [0.25, 0.3) is 0 Å². The zero-order valence-electron chi connectivity index (χ0n) is 10.5. The lowest BCUT2D eigenvalue weighted by atomic mass is 9.96. The summed E-state index contributed by atoms with van der Waals surface area (Å²) in [6.07, 6.45) is 9.20. The summed E-state index contributed by atoms with van der Waals surface area (Å²) in [7, 11) is -2.89. The van der Waals surface area contributed by atoms with Gasteiger partial charge in [-0.3, -0.25) is 0 Å². The Morgan fingerprint density at radius 3 is 2.53 bits per heavy atom. The van der Waals surface area contributed by atoms with Crippen LogP contribution in [0.5, 0.6) is 0 Å². The molecule has 98 valence electrons. The molecule has 1 heterocycles. The van der Waals surface area contributed by atoms with E-state index in [0.717, 1.165) is 25.7 Å². The van der Waals surface area contributed by atoms with Gasteiger partial charge in [0.05, 0.1) is 17.3 Å². The fourth-order valence-corrected chi connectivity index (χ4v) is 4.80. The SMILES string of the molecule is CC(OC=C1CCCCC1)C1CCCS1(=O)=O. The summed E-state index contributed by atoms with van der Waals surface area (Å²) in [6, 6.07) is 0. The molecule has 2 rings (SSSR count). The van der Waals surface area contributed by atoms with Crippen LogP contribution in [-0.4, -0.2) is 25.5 Å². The quantitative estimate of drug-likeness (QED) is 0.731. The van der Waals surface area contributed by atoms with Gasteiger partial charge in [0.2, 0.25) is 0 Å². The van der Waals surface area contributed by atoms with Crippen LogP contribution in [0.1, 0.15) is 51.9 Å². The molecule has 1 aliphatic carbocycles. The third-order valence-corrected chi connectivity index (χ3v) is 6.25. The Kier molecular flexibility index (Phi) is 4.13. The van der Waals surface area contributed by atoms with Crippen LogP contribution in [0.25, 0.3) is 0 Å². The van der Waals surface area contributed by atoms with Gasteiger partial charge in [-0.1, -0.05) is 6.42 Å². The molecule has 0 aromatic heterocycles. The van der Waals surface area contributed by atoms with Crippen LogP contribution in [0.3, 0.4) is 0 Å². The lowest BCUT2D eigenvalue weighted by Gasteiger charge is -2.20. The van der Waals surface area contributed by atoms with E-state index < -0.39 is 9.84 Å². The molecule has 0 bridgehead atoms. The summed E-state index contributed by atoms with van der Waals surface area (Å²) >= 11 is 0. The van der Waals surface area contributed by atoms with Gasteiger partial charge >= 0.3 is 0 Å². The molecule has 0 aromatic carbocycles. The number of rotatable bonds is 3. The molecule has 2 fully saturated rings. The minimum atomic E-state index is -2.89. The van der Waals surface area contributed by atoms with Gasteiger partial charge in [-0.25, -0.2) is 8.42 Å². The lowest BCUT2D eigenvalue weighted by Crippen LogP contribution is -2.29. The van der Waals surface area contributed by atoms with E-state index in [1.807, 2.05) is 13.2 Å². The zero-order valence-corrected chi connectivity index (χ0v) is 11.3. The molecular weight excluding hydrogens is 236 g/mol. The van der Waals surface area contributed by atoms with Gasteiger partial charge in [-0.15, -0.1) is 0 Å². The third kappa shape index (κ3) is 3.24. The second-order valence-electron chi connectivity index (χ2n) is 5.23. The van der Waals surface area contributed by atoms with Gasteiger partial charge in [0.15, 0.2) is 9.84 Å².